The number of allylic oxidation sites excluding steroid dienone is 3. The van der Waals surface area contributed by atoms with Gasteiger partial charge in [-0.15, -0.1) is 0 Å². The number of halogens is 1. The molecule has 5 heteroatoms. The van der Waals surface area contributed by atoms with E-state index in [1.54, 1.807) is 19.3 Å². The molecule has 2 heterocycles. The summed E-state index contributed by atoms with van der Waals surface area (Å²) >= 11 is 3.43. The van der Waals surface area contributed by atoms with Gasteiger partial charge in [-0.25, -0.2) is 4.79 Å². The van der Waals surface area contributed by atoms with E-state index < -0.39 is 5.97 Å². The van der Waals surface area contributed by atoms with Crippen LogP contribution in [0.4, 0.5) is 0 Å². The second-order valence-corrected chi connectivity index (χ2v) is 6.65. The standard InChI is InChI=1S/C19H17BrN2O2/c1-11-16(14-4-3-9-21-10-14)18(13-5-7-15(20)8-6-13)17(19(23)24)12(2)22-11/h3-10,18,22H,1-2H3,(H,23,24). The van der Waals surface area contributed by atoms with E-state index in [-0.39, 0.29) is 5.92 Å². The Kier molecular flexibility index (Phi) is 4.53. The molecule has 1 aromatic heterocycles. The largest absolute Gasteiger partial charge is 0.478 e. The molecular formula is C19H17BrN2O2. The lowest BCUT2D eigenvalue weighted by Crippen LogP contribution is -2.27. The summed E-state index contributed by atoms with van der Waals surface area (Å²) in [6.45, 7) is 3.77. The van der Waals surface area contributed by atoms with Crippen LogP contribution in [0.2, 0.25) is 0 Å². The van der Waals surface area contributed by atoms with E-state index in [9.17, 15) is 9.90 Å². The average Bonchev–Trinajstić information content (AvgIpc) is 2.55. The highest BCUT2D eigenvalue weighted by molar-refractivity contribution is 9.10. The molecule has 1 aromatic carbocycles. The van der Waals surface area contributed by atoms with Gasteiger partial charge < -0.3 is 10.4 Å². The number of hydrogen-bond donors (Lipinski definition) is 2. The fourth-order valence-corrected chi connectivity index (χ4v) is 3.44. The van der Waals surface area contributed by atoms with Gasteiger partial charge in [-0.2, -0.15) is 0 Å². The number of benzene rings is 1. The number of nitrogens with one attached hydrogen (secondary N) is 1. The summed E-state index contributed by atoms with van der Waals surface area (Å²) in [6.07, 6.45) is 3.48. The SMILES string of the molecule is CC1=C(C(=O)O)C(c2ccc(Br)cc2)C(c2cccnc2)=C(C)N1. The molecule has 0 radical (unpaired) electrons. The third-order valence-corrected chi connectivity index (χ3v) is 4.70. The highest BCUT2D eigenvalue weighted by Gasteiger charge is 2.33. The van der Waals surface area contributed by atoms with E-state index in [0.29, 0.717) is 11.3 Å². The Morgan fingerprint density at radius 3 is 2.46 bits per heavy atom. The third kappa shape index (κ3) is 2.99. The number of carboxylic acid groups (broad SMARTS) is 1. The minimum Gasteiger partial charge on any atom is -0.478 e. The van der Waals surface area contributed by atoms with Gasteiger partial charge in [0.2, 0.25) is 0 Å². The lowest BCUT2D eigenvalue weighted by molar-refractivity contribution is -0.132. The van der Waals surface area contributed by atoms with Crippen LogP contribution in [0.25, 0.3) is 5.57 Å². The van der Waals surface area contributed by atoms with Crippen LogP contribution in [0.15, 0.2) is 70.2 Å². The Morgan fingerprint density at radius 1 is 1.17 bits per heavy atom. The maximum atomic E-state index is 12.0. The van der Waals surface area contributed by atoms with E-state index in [1.165, 1.54) is 0 Å². The quantitative estimate of drug-likeness (QED) is 0.826. The van der Waals surface area contributed by atoms with Gasteiger partial charge in [0.15, 0.2) is 0 Å². The van der Waals surface area contributed by atoms with Crippen molar-refractivity contribution in [3.8, 4) is 0 Å². The first kappa shape index (κ1) is 16.5. The molecule has 0 spiro atoms. The Bertz CT molecular complexity index is 839. The van der Waals surface area contributed by atoms with Crippen molar-refractivity contribution in [3.63, 3.8) is 0 Å². The first-order valence-corrected chi connectivity index (χ1v) is 8.36. The molecular weight excluding hydrogens is 368 g/mol. The second kappa shape index (κ2) is 6.61. The first-order chi connectivity index (χ1) is 11.5. The number of rotatable bonds is 3. The highest BCUT2D eigenvalue weighted by Crippen LogP contribution is 2.43. The van der Waals surface area contributed by atoms with Crippen molar-refractivity contribution in [2.45, 2.75) is 19.8 Å². The number of aliphatic carboxylic acids is 1. The number of hydrogen-bond acceptors (Lipinski definition) is 3. The van der Waals surface area contributed by atoms with Gasteiger partial charge in [0.25, 0.3) is 0 Å². The van der Waals surface area contributed by atoms with Crippen LogP contribution in [0.3, 0.4) is 0 Å². The Labute approximate surface area is 149 Å². The van der Waals surface area contributed by atoms with Crippen LogP contribution in [-0.2, 0) is 4.79 Å². The van der Waals surface area contributed by atoms with E-state index >= 15 is 0 Å². The molecule has 122 valence electrons. The monoisotopic (exact) mass is 384 g/mol. The van der Waals surface area contributed by atoms with Crippen LogP contribution < -0.4 is 5.32 Å². The summed E-state index contributed by atoms with van der Waals surface area (Å²) in [4.78, 5) is 16.1. The van der Waals surface area contributed by atoms with Crippen LogP contribution in [0, 0.1) is 0 Å². The molecule has 1 unspecified atom stereocenters. The average molecular weight is 385 g/mol. The fourth-order valence-electron chi connectivity index (χ4n) is 3.17. The molecule has 2 N–H and O–H groups in total. The smallest absolute Gasteiger partial charge is 0.334 e. The molecule has 0 saturated carbocycles. The van der Waals surface area contributed by atoms with Crippen molar-refractivity contribution in [2.24, 2.45) is 0 Å². The molecule has 24 heavy (non-hydrogen) atoms. The number of aromatic nitrogens is 1. The summed E-state index contributed by atoms with van der Waals surface area (Å²) in [5.74, 6) is -1.26. The number of carbonyl (C=O) groups is 1. The zero-order valence-electron chi connectivity index (χ0n) is 13.4. The Hall–Kier alpha value is -2.40. The maximum Gasteiger partial charge on any atom is 0.334 e. The topological polar surface area (TPSA) is 62.2 Å². The molecule has 4 nitrogen and oxygen atoms in total. The number of nitrogens with zero attached hydrogens (tertiary/aromatic N) is 1. The van der Waals surface area contributed by atoms with Gasteiger partial charge in [-0.1, -0.05) is 34.1 Å². The minimum absolute atomic E-state index is 0.346. The minimum atomic E-state index is -0.915. The normalized spacial score (nSPS) is 17.7. The molecule has 1 aliphatic heterocycles. The van der Waals surface area contributed by atoms with Crippen molar-refractivity contribution in [3.05, 3.63) is 81.4 Å². The number of pyridine rings is 1. The van der Waals surface area contributed by atoms with Gasteiger partial charge in [0.05, 0.1) is 5.57 Å². The molecule has 0 amide bonds. The predicted octanol–water partition coefficient (Wildman–Crippen LogP) is 4.32. The summed E-state index contributed by atoms with van der Waals surface area (Å²) in [6, 6.07) is 11.6. The number of dihydropyridines is 1. The van der Waals surface area contributed by atoms with Crippen LogP contribution in [-0.4, -0.2) is 16.1 Å². The predicted molar refractivity (Wildman–Crippen MR) is 97.2 cm³/mol. The van der Waals surface area contributed by atoms with Gasteiger partial charge in [-0.3, -0.25) is 4.98 Å². The van der Waals surface area contributed by atoms with Crippen molar-refractivity contribution in [1.82, 2.24) is 10.3 Å². The molecule has 1 atom stereocenters. The van der Waals surface area contributed by atoms with Crippen molar-refractivity contribution >= 4 is 27.5 Å². The second-order valence-electron chi connectivity index (χ2n) is 5.73. The first-order valence-electron chi connectivity index (χ1n) is 7.56. The summed E-state index contributed by atoms with van der Waals surface area (Å²) in [7, 11) is 0. The lowest BCUT2D eigenvalue weighted by atomic mass is 9.78. The van der Waals surface area contributed by atoms with Crippen LogP contribution >= 0.6 is 15.9 Å². The van der Waals surface area contributed by atoms with Gasteiger partial charge in [0.1, 0.15) is 0 Å². The molecule has 0 bridgehead atoms. The molecule has 0 fully saturated rings. The third-order valence-electron chi connectivity index (χ3n) is 4.17. The summed E-state index contributed by atoms with van der Waals surface area (Å²) in [5, 5.41) is 13.0. The Balaban J connectivity index is 2.23. The van der Waals surface area contributed by atoms with Crippen LogP contribution in [0.5, 0.6) is 0 Å². The van der Waals surface area contributed by atoms with Gasteiger partial charge in [-0.05, 0) is 48.7 Å². The van der Waals surface area contributed by atoms with Crippen molar-refractivity contribution < 1.29 is 9.90 Å². The van der Waals surface area contributed by atoms with Crippen LogP contribution in [0.1, 0.15) is 30.9 Å². The molecule has 2 aromatic rings. The molecule has 0 aliphatic carbocycles. The van der Waals surface area contributed by atoms with E-state index in [1.807, 2.05) is 43.3 Å². The zero-order valence-corrected chi connectivity index (χ0v) is 15.0. The fraction of sp³-hybridized carbons (Fsp3) is 0.158. The van der Waals surface area contributed by atoms with E-state index in [2.05, 4.69) is 26.2 Å². The van der Waals surface area contributed by atoms with Gasteiger partial charge in [0, 0.05) is 34.2 Å². The van der Waals surface area contributed by atoms with Crippen molar-refractivity contribution in [1.29, 1.82) is 0 Å². The van der Waals surface area contributed by atoms with E-state index in [4.69, 9.17) is 0 Å². The Morgan fingerprint density at radius 2 is 1.88 bits per heavy atom. The van der Waals surface area contributed by atoms with E-state index in [0.717, 1.165) is 26.9 Å². The molecule has 3 rings (SSSR count). The summed E-state index contributed by atoms with van der Waals surface area (Å²) < 4.78 is 0.960. The molecule has 1 aliphatic rings. The lowest BCUT2D eigenvalue weighted by Gasteiger charge is -2.31. The zero-order chi connectivity index (χ0) is 17.3. The maximum absolute atomic E-state index is 12.0. The van der Waals surface area contributed by atoms with Gasteiger partial charge >= 0.3 is 5.97 Å². The van der Waals surface area contributed by atoms with Crippen molar-refractivity contribution in [2.75, 3.05) is 0 Å². The summed E-state index contributed by atoms with van der Waals surface area (Å²) in [5.41, 5.74) is 4.77. The molecule has 0 saturated heterocycles. The number of carboxylic acids is 1. The highest BCUT2D eigenvalue weighted by atomic mass is 79.9.